The first kappa shape index (κ1) is 13.8. The summed E-state index contributed by atoms with van der Waals surface area (Å²) in [7, 11) is 0. The van der Waals surface area contributed by atoms with Gasteiger partial charge in [-0.3, -0.25) is 0 Å². The summed E-state index contributed by atoms with van der Waals surface area (Å²) in [5, 5.41) is 3.41. The van der Waals surface area contributed by atoms with Crippen LogP contribution in [0.5, 0.6) is 0 Å². The van der Waals surface area contributed by atoms with Crippen LogP contribution >= 0.6 is 0 Å². The van der Waals surface area contributed by atoms with Crippen molar-refractivity contribution in [3.05, 3.63) is 17.1 Å². The Bertz CT molecular complexity index is 478. The Morgan fingerprint density at radius 3 is 2.95 bits per heavy atom. The maximum absolute atomic E-state index is 5.91. The molecule has 20 heavy (non-hydrogen) atoms. The molecular weight excluding hydrogens is 254 g/mol. The maximum atomic E-state index is 5.91. The number of hydrogen-bond acceptors (Lipinski definition) is 5. The maximum Gasteiger partial charge on any atom is 0.159 e. The molecule has 2 aliphatic rings. The van der Waals surface area contributed by atoms with Gasteiger partial charge in [0.15, 0.2) is 5.82 Å². The molecule has 2 aliphatic heterocycles. The van der Waals surface area contributed by atoms with E-state index in [1.54, 1.807) is 0 Å². The lowest BCUT2D eigenvalue weighted by molar-refractivity contribution is 0.0496. The molecule has 1 aromatic heterocycles. The minimum Gasteiger partial charge on any atom is -0.376 e. The van der Waals surface area contributed by atoms with E-state index < -0.39 is 0 Å². The average Bonchev–Trinajstić information content (AvgIpc) is 2.91. The third-order valence-electron chi connectivity index (χ3n) is 3.90. The van der Waals surface area contributed by atoms with Crippen molar-refractivity contribution in [2.24, 2.45) is 0 Å². The largest absolute Gasteiger partial charge is 0.376 e. The van der Waals surface area contributed by atoms with E-state index in [9.17, 15) is 0 Å². The second-order valence-corrected chi connectivity index (χ2v) is 5.60. The van der Waals surface area contributed by atoms with Gasteiger partial charge in [-0.05, 0) is 26.2 Å². The molecule has 0 saturated carbocycles. The first-order valence-electron chi connectivity index (χ1n) is 7.64. The van der Waals surface area contributed by atoms with Crippen LogP contribution < -0.4 is 5.32 Å². The molecule has 0 aliphatic carbocycles. The molecule has 1 fully saturated rings. The predicted octanol–water partition coefficient (Wildman–Crippen LogP) is 2.61. The molecule has 3 heterocycles. The van der Waals surface area contributed by atoms with Crippen molar-refractivity contribution >= 4 is 5.82 Å². The lowest BCUT2D eigenvalue weighted by atomic mass is 10.1. The fourth-order valence-corrected chi connectivity index (χ4v) is 2.78. The molecule has 0 amide bonds. The lowest BCUT2D eigenvalue weighted by Gasteiger charge is -2.21. The van der Waals surface area contributed by atoms with Gasteiger partial charge in [-0.1, -0.05) is 6.92 Å². The summed E-state index contributed by atoms with van der Waals surface area (Å²) in [6.07, 6.45) is 4.42. The zero-order chi connectivity index (χ0) is 13.9. The zero-order valence-electron chi connectivity index (χ0n) is 12.3. The monoisotopic (exact) mass is 277 g/mol. The SMILES string of the molecule is CCCNc1nc(C2CCC(C)O2)nc2c1COCC2. The van der Waals surface area contributed by atoms with Gasteiger partial charge in [-0.2, -0.15) is 0 Å². The summed E-state index contributed by atoms with van der Waals surface area (Å²) in [5.74, 6) is 1.78. The second-order valence-electron chi connectivity index (χ2n) is 5.60. The van der Waals surface area contributed by atoms with Gasteiger partial charge in [-0.15, -0.1) is 0 Å². The summed E-state index contributed by atoms with van der Waals surface area (Å²) in [6, 6.07) is 0. The summed E-state index contributed by atoms with van der Waals surface area (Å²) in [5.41, 5.74) is 2.25. The van der Waals surface area contributed by atoms with E-state index in [0.717, 1.165) is 61.7 Å². The highest BCUT2D eigenvalue weighted by molar-refractivity contribution is 5.47. The molecule has 5 nitrogen and oxygen atoms in total. The molecule has 110 valence electrons. The summed E-state index contributed by atoms with van der Waals surface area (Å²) in [4.78, 5) is 9.46. The summed E-state index contributed by atoms with van der Waals surface area (Å²) >= 11 is 0. The smallest absolute Gasteiger partial charge is 0.159 e. The minimum absolute atomic E-state index is 0.0559. The first-order valence-corrected chi connectivity index (χ1v) is 7.64. The fourth-order valence-electron chi connectivity index (χ4n) is 2.78. The molecule has 0 spiro atoms. The summed E-state index contributed by atoms with van der Waals surface area (Å²) < 4.78 is 11.5. The molecule has 0 bridgehead atoms. The Hall–Kier alpha value is -1.20. The number of fused-ring (bicyclic) bond motifs is 1. The molecule has 5 heteroatoms. The first-order chi connectivity index (χ1) is 9.78. The Kier molecular flexibility index (Phi) is 4.17. The van der Waals surface area contributed by atoms with E-state index >= 15 is 0 Å². The molecule has 3 rings (SSSR count). The van der Waals surface area contributed by atoms with Gasteiger partial charge in [0, 0.05) is 18.5 Å². The summed E-state index contributed by atoms with van der Waals surface area (Å²) in [6.45, 7) is 6.55. The van der Waals surface area contributed by atoms with Crippen LogP contribution in [-0.4, -0.2) is 29.2 Å². The van der Waals surface area contributed by atoms with Crippen LogP contribution in [0, 0.1) is 0 Å². The van der Waals surface area contributed by atoms with E-state index in [1.807, 2.05) is 0 Å². The van der Waals surface area contributed by atoms with Crippen molar-refractivity contribution in [1.82, 2.24) is 9.97 Å². The standard InChI is InChI=1S/C15H23N3O2/c1-3-7-16-14-11-9-19-8-6-12(11)17-15(18-14)13-5-4-10(2)20-13/h10,13H,3-9H2,1-2H3,(H,16,17,18). The Morgan fingerprint density at radius 2 is 2.20 bits per heavy atom. The Labute approximate surface area is 120 Å². The van der Waals surface area contributed by atoms with Crippen molar-refractivity contribution in [3.63, 3.8) is 0 Å². The van der Waals surface area contributed by atoms with Crippen molar-refractivity contribution in [2.75, 3.05) is 18.5 Å². The quantitative estimate of drug-likeness (QED) is 0.916. The highest BCUT2D eigenvalue weighted by Crippen LogP contribution is 2.33. The average molecular weight is 277 g/mol. The molecule has 2 atom stereocenters. The molecule has 1 aromatic rings. The third kappa shape index (κ3) is 2.79. The van der Waals surface area contributed by atoms with Gasteiger partial charge in [-0.25, -0.2) is 9.97 Å². The molecule has 2 unspecified atom stereocenters. The van der Waals surface area contributed by atoms with Crippen molar-refractivity contribution in [3.8, 4) is 0 Å². The number of nitrogens with one attached hydrogen (secondary N) is 1. The number of nitrogens with zero attached hydrogens (tertiary/aromatic N) is 2. The highest BCUT2D eigenvalue weighted by atomic mass is 16.5. The van der Waals surface area contributed by atoms with Crippen molar-refractivity contribution < 1.29 is 9.47 Å². The van der Waals surface area contributed by atoms with Gasteiger partial charge >= 0.3 is 0 Å². The van der Waals surface area contributed by atoms with Gasteiger partial charge in [0.25, 0.3) is 0 Å². The van der Waals surface area contributed by atoms with E-state index in [4.69, 9.17) is 19.4 Å². The zero-order valence-corrected chi connectivity index (χ0v) is 12.3. The van der Waals surface area contributed by atoms with E-state index in [-0.39, 0.29) is 6.10 Å². The molecular formula is C15H23N3O2. The van der Waals surface area contributed by atoms with Crippen LogP contribution in [0.3, 0.4) is 0 Å². The minimum atomic E-state index is 0.0559. The van der Waals surface area contributed by atoms with Gasteiger partial charge in [0.1, 0.15) is 11.9 Å². The van der Waals surface area contributed by atoms with Crippen LogP contribution in [0.2, 0.25) is 0 Å². The van der Waals surface area contributed by atoms with Crippen LogP contribution in [0.25, 0.3) is 0 Å². The van der Waals surface area contributed by atoms with Crippen LogP contribution in [0.1, 0.15) is 56.3 Å². The van der Waals surface area contributed by atoms with Crippen molar-refractivity contribution in [2.45, 2.75) is 58.3 Å². The molecule has 0 aromatic carbocycles. The number of hydrogen-bond donors (Lipinski definition) is 1. The fraction of sp³-hybridized carbons (Fsp3) is 0.733. The lowest BCUT2D eigenvalue weighted by Crippen LogP contribution is -2.19. The van der Waals surface area contributed by atoms with Crippen LogP contribution in [0.15, 0.2) is 0 Å². The topological polar surface area (TPSA) is 56.3 Å². The number of ether oxygens (including phenoxy) is 2. The second kappa shape index (κ2) is 6.06. The van der Waals surface area contributed by atoms with Crippen LogP contribution in [0.4, 0.5) is 5.82 Å². The Balaban J connectivity index is 1.90. The van der Waals surface area contributed by atoms with E-state index in [1.165, 1.54) is 0 Å². The van der Waals surface area contributed by atoms with E-state index in [2.05, 4.69) is 19.2 Å². The molecule has 1 saturated heterocycles. The number of anilines is 1. The van der Waals surface area contributed by atoms with Gasteiger partial charge in [0.2, 0.25) is 0 Å². The Morgan fingerprint density at radius 1 is 1.30 bits per heavy atom. The molecule has 0 radical (unpaired) electrons. The van der Waals surface area contributed by atoms with Gasteiger partial charge < -0.3 is 14.8 Å². The predicted molar refractivity (Wildman–Crippen MR) is 76.7 cm³/mol. The normalized spacial score (nSPS) is 25.5. The molecule has 1 N–H and O–H groups in total. The van der Waals surface area contributed by atoms with E-state index in [0.29, 0.717) is 12.7 Å². The number of rotatable bonds is 4. The van der Waals surface area contributed by atoms with Gasteiger partial charge in [0.05, 0.1) is 25.0 Å². The third-order valence-corrected chi connectivity index (χ3v) is 3.90. The number of aromatic nitrogens is 2. The van der Waals surface area contributed by atoms with Crippen LogP contribution in [-0.2, 0) is 22.5 Å². The van der Waals surface area contributed by atoms with Crippen molar-refractivity contribution in [1.29, 1.82) is 0 Å². The highest BCUT2D eigenvalue weighted by Gasteiger charge is 2.28.